The summed E-state index contributed by atoms with van der Waals surface area (Å²) in [5, 5.41) is 16.2. The van der Waals surface area contributed by atoms with Gasteiger partial charge in [-0.05, 0) is 51.7 Å². The minimum atomic E-state index is -0.556. The Balaban J connectivity index is 1.26. The lowest BCUT2D eigenvalue weighted by molar-refractivity contribution is -0.150. The van der Waals surface area contributed by atoms with E-state index < -0.39 is 6.29 Å². The Morgan fingerprint density at radius 1 is 1.18 bits per heavy atom. The minimum Gasteiger partial charge on any atom is -0.459 e. The van der Waals surface area contributed by atoms with E-state index >= 15 is 0 Å². The van der Waals surface area contributed by atoms with E-state index in [1.165, 1.54) is 0 Å². The van der Waals surface area contributed by atoms with Crippen LogP contribution in [0.2, 0.25) is 0 Å². The molecule has 174 valence electrons. The number of rotatable bonds is 8. The first-order chi connectivity index (χ1) is 16.7. The summed E-state index contributed by atoms with van der Waals surface area (Å²) in [6.07, 6.45) is 1.93. The fourth-order valence-electron chi connectivity index (χ4n) is 3.91. The molecule has 2 atom stereocenters. The molecule has 7 nitrogen and oxygen atoms in total. The molecule has 0 bridgehead atoms. The third kappa shape index (κ3) is 5.20. The number of fused-ring (bicyclic) bond motifs is 1. The Bertz CT molecular complexity index is 1250. The Hall–Kier alpha value is -3.46. The summed E-state index contributed by atoms with van der Waals surface area (Å²) in [6, 6.07) is 17.4. The maximum atomic E-state index is 13.0. The van der Waals surface area contributed by atoms with Crippen LogP contribution in [-0.4, -0.2) is 27.3 Å². The van der Waals surface area contributed by atoms with Crippen molar-refractivity contribution in [2.75, 3.05) is 0 Å². The minimum absolute atomic E-state index is 0.00644. The number of aromatic nitrogens is 2. The van der Waals surface area contributed by atoms with E-state index in [-0.39, 0.29) is 30.7 Å². The van der Waals surface area contributed by atoms with Gasteiger partial charge in [-0.25, -0.2) is 4.98 Å². The molecule has 0 saturated heterocycles. The standard InChI is InChI=1S/C26H25N3O4S/c30-14-17-5-7-18(8-6-17)15-32-25-12-20(19-9-10-34-16-19)11-23(33-25)26(31)27-13-24-28-21-3-1-2-4-22(21)29-24/h1-11,16,20,25,30H,12-15H2,(H,27,31)(H,28,29)/t20-,25+/m1/s1. The molecule has 3 heterocycles. The molecule has 2 aromatic carbocycles. The molecule has 0 spiro atoms. The van der Waals surface area contributed by atoms with E-state index in [1.807, 2.05) is 60.0 Å². The summed E-state index contributed by atoms with van der Waals surface area (Å²) in [6.45, 7) is 0.618. The van der Waals surface area contributed by atoms with Gasteiger partial charge in [-0.2, -0.15) is 11.3 Å². The molecule has 4 aromatic rings. The van der Waals surface area contributed by atoms with Crippen LogP contribution >= 0.6 is 11.3 Å². The van der Waals surface area contributed by atoms with Crippen molar-refractivity contribution in [2.24, 2.45) is 0 Å². The molecule has 0 fully saturated rings. The maximum absolute atomic E-state index is 13.0. The zero-order valence-corrected chi connectivity index (χ0v) is 19.3. The number of hydrogen-bond donors (Lipinski definition) is 3. The highest BCUT2D eigenvalue weighted by Gasteiger charge is 2.29. The van der Waals surface area contributed by atoms with Gasteiger partial charge in [0.15, 0.2) is 5.76 Å². The number of carbonyl (C=O) groups is 1. The number of aliphatic hydroxyl groups excluding tert-OH is 1. The predicted molar refractivity (Wildman–Crippen MR) is 130 cm³/mol. The number of H-pyrrole nitrogens is 1. The Labute approximate surface area is 201 Å². The summed E-state index contributed by atoms with van der Waals surface area (Å²) in [7, 11) is 0. The number of hydrogen-bond acceptors (Lipinski definition) is 6. The Kier molecular flexibility index (Phi) is 6.71. The molecular formula is C26H25N3O4S. The van der Waals surface area contributed by atoms with Crippen molar-refractivity contribution in [3.05, 3.63) is 99.7 Å². The van der Waals surface area contributed by atoms with Crippen LogP contribution in [0.25, 0.3) is 11.0 Å². The fraction of sp³-hybridized carbons (Fsp3) is 0.231. The van der Waals surface area contributed by atoms with Crippen LogP contribution < -0.4 is 5.32 Å². The van der Waals surface area contributed by atoms with Crippen molar-refractivity contribution >= 4 is 28.3 Å². The lowest BCUT2D eigenvalue weighted by Gasteiger charge is -2.29. The van der Waals surface area contributed by atoms with Crippen LogP contribution in [0.5, 0.6) is 0 Å². The van der Waals surface area contributed by atoms with Gasteiger partial charge in [-0.15, -0.1) is 0 Å². The number of nitrogens with one attached hydrogen (secondary N) is 2. The van der Waals surface area contributed by atoms with Gasteiger partial charge in [0.25, 0.3) is 5.91 Å². The maximum Gasteiger partial charge on any atom is 0.286 e. The first-order valence-corrected chi connectivity index (χ1v) is 12.0. The lowest BCUT2D eigenvalue weighted by atomic mass is 9.95. The van der Waals surface area contributed by atoms with E-state index in [1.54, 1.807) is 11.3 Å². The van der Waals surface area contributed by atoms with Crippen molar-refractivity contribution in [3.8, 4) is 0 Å². The average Bonchev–Trinajstić information content (AvgIpc) is 3.56. The van der Waals surface area contributed by atoms with Crippen molar-refractivity contribution in [2.45, 2.75) is 38.4 Å². The quantitative estimate of drug-likeness (QED) is 0.352. The molecule has 8 heteroatoms. The zero-order valence-electron chi connectivity index (χ0n) is 18.4. The number of allylic oxidation sites excluding steroid dienone is 1. The molecule has 0 unspecified atom stereocenters. The third-order valence-electron chi connectivity index (χ3n) is 5.75. The third-order valence-corrected chi connectivity index (χ3v) is 6.45. The van der Waals surface area contributed by atoms with E-state index in [2.05, 4.69) is 26.7 Å². The number of para-hydroxylation sites is 2. The number of amides is 1. The molecule has 0 aliphatic carbocycles. The number of thiophene rings is 1. The van der Waals surface area contributed by atoms with Crippen LogP contribution in [0.4, 0.5) is 0 Å². The monoisotopic (exact) mass is 475 g/mol. The average molecular weight is 476 g/mol. The van der Waals surface area contributed by atoms with Gasteiger partial charge >= 0.3 is 0 Å². The topological polar surface area (TPSA) is 96.5 Å². The smallest absolute Gasteiger partial charge is 0.286 e. The normalized spacial score (nSPS) is 17.9. The second kappa shape index (κ2) is 10.2. The fourth-order valence-corrected chi connectivity index (χ4v) is 4.63. The first kappa shape index (κ1) is 22.3. The summed E-state index contributed by atoms with van der Waals surface area (Å²) < 4.78 is 12.0. The molecule has 1 amide bonds. The first-order valence-electron chi connectivity index (χ1n) is 11.1. The van der Waals surface area contributed by atoms with Gasteiger partial charge in [-0.1, -0.05) is 36.4 Å². The van der Waals surface area contributed by atoms with Crippen molar-refractivity contribution in [3.63, 3.8) is 0 Å². The van der Waals surface area contributed by atoms with Gasteiger partial charge in [0, 0.05) is 12.3 Å². The van der Waals surface area contributed by atoms with Gasteiger partial charge < -0.3 is 24.9 Å². The van der Waals surface area contributed by atoms with Gasteiger partial charge in [0.2, 0.25) is 6.29 Å². The number of aromatic amines is 1. The number of nitrogens with zero attached hydrogens (tertiary/aromatic N) is 1. The Morgan fingerprint density at radius 2 is 2.00 bits per heavy atom. The second-order valence-corrected chi connectivity index (χ2v) is 8.93. The molecule has 0 radical (unpaired) electrons. The van der Waals surface area contributed by atoms with Gasteiger partial charge in [-0.3, -0.25) is 4.79 Å². The number of ether oxygens (including phenoxy) is 2. The number of imidazole rings is 1. The lowest BCUT2D eigenvalue weighted by Crippen LogP contribution is -2.32. The van der Waals surface area contributed by atoms with E-state index in [9.17, 15) is 9.90 Å². The predicted octanol–water partition coefficient (Wildman–Crippen LogP) is 4.36. The highest BCUT2D eigenvalue weighted by molar-refractivity contribution is 7.08. The van der Waals surface area contributed by atoms with Crippen molar-refractivity contribution in [1.82, 2.24) is 15.3 Å². The molecule has 1 aliphatic rings. The van der Waals surface area contributed by atoms with E-state index in [4.69, 9.17) is 9.47 Å². The number of carbonyl (C=O) groups excluding carboxylic acids is 1. The van der Waals surface area contributed by atoms with Crippen LogP contribution in [0.15, 0.2) is 77.2 Å². The van der Waals surface area contributed by atoms with Crippen LogP contribution in [0.3, 0.4) is 0 Å². The SMILES string of the molecule is O=C(NCc1nc2ccccc2[nH]1)C1=C[C@@H](c2ccsc2)C[C@@H](OCc2ccc(CO)cc2)O1. The van der Waals surface area contributed by atoms with Gasteiger partial charge in [0.1, 0.15) is 5.82 Å². The molecule has 34 heavy (non-hydrogen) atoms. The van der Waals surface area contributed by atoms with Crippen molar-refractivity contribution < 1.29 is 19.4 Å². The molecule has 5 rings (SSSR count). The summed E-state index contributed by atoms with van der Waals surface area (Å²) in [4.78, 5) is 20.7. The largest absolute Gasteiger partial charge is 0.459 e. The summed E-state index contributed by atoms with van der Waals surface area (Å²) in [5.74, 6) is 0.647. The van der Waals surface area contributed by atoms with E-state index in [0.717, 1.165) is 27.7 Å². The highest BCUT2D eigenvalue weighted by atomic mass is 32.1. The molecule has 2 aromatic heterocycles. The number of aliphatic hydroxyl groups is 1. The van der Waals surface area contributed by atoms with Gasteiger partial charge in [0.05, 0.1) is 30.8 Å². The van der Waals surface area contributed by atoms with E-state index in [0.29, 0.717) is 18.9 Å². The summed E-state index contributed by atoms with van der Waals surface area (Å²) >= 11 is 1.62. The Morgan fingerprint density at radius 3 is 2.76 bits per heavy atom. The molecule has 1 aliphatic heterocycles. The second-order valence-electron chi connectivity index (χ2n) is 8.15. The van der Waals surface area contributed by atoms with Crippen LogP contribution in [-0.2, 0) is 34.0 Å². The van der Waals surface area contributed by atoms with Crippen LogP contribution in [0.1, 0.15) is 34.9 Å². The summed E-state index contributed by atoms with van der Waals surface area (Å²) in [5.41, 5.74) is 4.74. The molecule has 0 saturated carbocycles. The highest BCUT2D eigenvalue weighted by Crippen LogP contribution is 2.33. The molecular weight excluding hydrogens is 450 g/mol. The van der Waals surface area contributed by atoms with Crippen LogP contribution in [0, 0.1) is 0 Å². The van der Waals surface area contributed by atoms with Crippen molar-refractivity contribution in [1.29, 1.82) is 0 Å². The zero-order chi connectivity index (χ0) is 23.3. The number of benzene rings is 2. The molecule has 3 N–H and O–H groups in total.